The molecular weight excluding hydrogens is 235 g/mol. The Balaban J connectivity index is 2.00. The maximum Gasteiger partial charge on any atom is 0.123 e. The Morgan fingerprint density at radius 2 is 2.24 bits per heavy atom. The summed E-state index contributed by atoms with van der Waals surface area (Å²) in [4.78, 5) is 5.45. The monoisotopic (exact) mass is 246 g/mol. The fourth-order valence-corrected chi connectivity index (χ4v) is 2.75. The summed E-state index contributed by atoms with van der Waals surface area (Å²) in [7, 11) is 0. The summed E-state index contributed by atoms with van der Waals surface area (Å²) < 4.78 is 15.2. The van der Waals surface area contributed by atoms with Crippen molar-refractivity contribution in [3.8, 4) is 0 Å². The van der Waals surface area contributed by atoms with Gasteiger partial charge in [0.1, 0.15) is 5.82 Å². The molecule has 0 bridgehead atoms. The van der Waals surface area contributed by atoms with Crippen LogP contribution < -0.4 is 0 Å². The second kappa shape index (κ2) is 3.96. The van der Waals surface area contributed by atoms with Crippen LogP contribution in [0.4, 0.5) is 4.39 Å². The van der Waals surface area contributed by atoms with Crippen LogP contribution in [0.5, 0.6) is 0 Å². The third-order valence-corrected chi connectivity index (χ3v) is 3.63. The van der Waals surface area contributed by atoms with E-state index in [0.717, 1.165) is 22.5 Å². The minimum Gasteiger partial charge on any atom is -0.342 e. The van der Waals surface area contributed by atoms with Gasteiger partial charge in [0.15, 0.2) is 0 Å². The van der Waals surface area contributed by atoms with Crippen molar-refractivity contribution in [1.82, 2.24) is 9.55 Å². The fraction of sp³-hybridized carbons (Fsp3) is 0.154. The summed E-state index contributed by atoms with van der Waals surface area (Å²) in [5.74, 6) is -0.191. The molecule has 0 spiro atoms. The van der Waals surface area contributed by atoms with E-state index in [1.165, 1.54) is 10.9 Å². The van der Waals surface area contributed by atoms with Gasteiger partial charge < -0.3 is 4.57 Å². The molecule has 86 valence electrons. The summed E-state index contributed by atoms with van der Waals surface area (Å²) in [6.45, 7) is 2.79. The third-order valence-electron chi connectivity index (χ3n) is 2.73. The number of hydrogen-bond acceptors (Lipinski definition) is 2. The van der Waals surface area contributed by atoms with E-state index in [1.54, 1.807) is 17.4 Å². The first-order valence-electron chi connectivity index (χ1n) is 5.38. The zero-order valence-electron chi connectivity index (χ0n) is 9.35. The molecule has 0 aliphatic rings. The molecule has 1 aromatic carbocycles. The quantitative estimate of drug-likeness (QED) is 0.675. The Morgan fingerprint density at radius 3 is 3.00 bits per heavy atom. The highest BCUT2D eigenvalue weighted by atomic mass is 32.1. The van der Waals surface area contributed by atoms with E-state index in [4.69, 9.17) is 0 Å². The number of aromatic nitrogens is 2. The minimum absolute atomic E-state index is 0.191. The SMILES string of the molecule is Cc1ncc(Cn2ccc3cc(F)ccc32)s1. The third kappa shape index (κ3) is 1.96. The van der Waals surface area contributed by atoms with Crippen molar-refractivity contribution in [2.75, 3.05) is 0 Å². The molecule has 0 radical (unpaired) electrons. The Kier molecular flexibility index (Phi) is 2.44. The molecular formula is C13H11FN2S. The Bertz CT molecular complexity index is 669. The van der Waals surface area contributed by atoms with Gasteiger partial charge in [-0.1, -0.05) is 0 Å². The molecule has 0 aliphatic carbocycles. The number of nitrogens with zero attached hydrogens (tertiary/aromatic N) is 2. The van der Waals surface area contributed by atoms with Crippen molar-refractivity contribution in [2.45, 2.75) is 13.5 Å². The van der Waals surface area contributed by atoms with E-state index in [0.29, 0.717) is 0 Å². The largest absolute Gasteiger partial charge is 0.342 e. The molecule has 0 amide bonds. The van der Waals surface area contributed by atoms with E-state index in [2.05, 4.69) is 9.55 Å². The molecule has 0 saturated heterocycles. The molecule has 0 N–H and O–H groups in total. The molecule has 3 rings (SSSR count). The van der Waals surface area contributed by atoms with Crippen LogP contribution in [0.25, 0.3) is 10.9 Å². The maximum absolute atomic E-state index is 13.1. The predicted octanol–water partition coefficient (Wildman–Crippen LogP) is 3.59. The average molecular weight is 246 g/mol. The molecule has 4 heteroatoms. The van der Waals surface area contributed by atoms with Gasteiger partial charge in [0.25, 0.3) is 0 Å². The molecule has 0 fully saturated rings. The van der Waals surface area contributed by atoms with Gasteiger partial charge in [-0.25, -0.2) is 9.37 Å². The standard InChI is InChI=1S/C13H11FN2S/c1-9-15-7-12(17-9)8-16-5-4-10-6-11(14)2-3-13(10)16/h2-7H,8H2,1H3. The molecule has 2 aromatic heterocycles. The zero-order chi connectivity index (χ0) is 11.8. The summed E-state index contributed by atoms with van der Waals surface area (Å²) in [5.41, 5.74) is 1.05. The van der Waals surface area contributed by atoms with Crippen molar-refractivity contribution in [2.24, 2.45) is 0 Å². The number of aryl methyl sites for hydroxylation is 1. The second-order valence-corrected chi connectivity index (χ2v) is 5.31. The molecule has 3 aromatic rings. The Hall–Kier alpha value is -1.68. The van der Waals surface area contributed by atoms with E-state index < -0.39 is 0 Å². The minimum atomic E-state index is -0.191. The Morgan fingerprint density at radius 1 is 1.35 bits per heavy atom. The van der Waals surface area contributed by atoms with Crippen molar-refractivity contribution in [1.29, 1.82) is 0 Å². The van der Waals surface area contributed by atoms with Crippen LogP contribution in [0.1, 0.15) is 9.88 Å². The highest BCUT2D eigenvalue weighted by molar-refractivity contribution is 7.11. The van der Waals surface area contributed by atoms with Gasteiger partial charge in [-0.3, -0.25) is 0 Å². The van der Waals surface area contributed by atoms with Crippen LogP contribution in [-0.2, 0) is 6.54 Å². The van der Waals surface area contributed by atoms with Gasteiger partial charge in [-0.15, -0.1) is 11.3 Å². The lowest BCUT2D eigenvalue weighted by Crippen LogP contribution is -1.95. The first kappa shape index (κ1) is 10.5. The zero-order valence-corrected chi connectivity index (χ0v) is 10.2. The lowest BCUT2D eigenvalue weighted by atomic mass is 10.2. The van der Waals surface area contributed by atoms with Crippen LogP contribution in [0.3, 0.4) is 0 Å². The number of hydrogen-bond donors (Lipinski definition) is 0. The van der Waals surface area contributed by atoms with E-state index in [-0.39, 0.29) is 5.82 Å². The first-order chi connectivity index (χ1) is 8.22. The van der Waals surface area contributed by atoms with Gasteiger partial charge >= 0.3 is 0 Å². The summed E-state index contributed by atoms with van der Waals surface area (Å²) in [6, 6.07) is 6.81. The smallest absolute Gasteiger partial charge is 0.123 e. The highest BCUT2D eigenvalue weighted by Gasteiger charge is 2.04. The van der Waals surface area contributed by atoms with Crippen molar-refractivity contribution >= 4 is 22.2 Å². The molecule has 0 saturated carbocycles. The summed E-state index contributed by atoms with van der Waals surface area (Å²) >= 11 is 1.69. The van der Waals surface area contributed by atoms with Gasteiger partial charge in [-0.2, -0.15) is 0 Å². The molecule has 2 heterocycles. The molecule has 0 aliphatic heterocycles. The van der Waals surface area contributed by atoms with E-state index in [1.807, 2.05) is 31.5 Å². The summed E-state index contributed by atoms with van der Waals surface area (Å²) in [6.07, 6.45) is 3.88. The van der Waals surface area contributed by atoms with Crippen molar-refractivity contribution in [3.63, 3.8) is 0 Å². The molecule has 0 unspecified atom stereocenters. The molecule has 17 heavy (non-hydrogen) atoms. The highest BCUT2D eigenvalue weighted by Crippen LogP contribution is 2.20. The second-order valence-electron chi connectivity index (χ2n) is 3.99. The predicted molar refractivity (Wildman–Crippen MR) is 67.8 cm³/mol. The van der Waals surface area contributed by atoms with Gasteiger partial charge in [0.2, 0.25) is 0 Å². The van der Waals surface area contributed by atoms with Gasteiger partial charge in [0.05, 0.1) is 11.6 Å². The van der Waals surface area contributed by atoms with E-state index >= 15 is 0 Å². The van der Waals surface area contributed by atoms with Crippen LogP contribution in [0, 0.1) is 12.7 Å². The maximum atomic E-state index is 13.1. The van der Waals surface area contributed by atoms with Crippen LogP contribution >= 0.6 is 11.3 Å². The van der Waals surface area contributed by atoms with Gasteiger partial charge in [-0.05, 0) is 31.2 Å². The number of halogens is 1. The fourth-order valence-electron chi connectivity index (χ4n) is 1.96. The van der Waals surface area contributed by atoms with Crippen LogP contribution in [0.2, 0.25) is 0 Å². The number of fused-ring (bicyclic) bond motifs is 1. The normalized spacial score (nSPS) is 11.2. The van der Waals surface area contributed by atoms with Crippen molar-refractivity contribution in [3.05, 3.63) is 52.4 Å². The Labute approximate surface area is 102 Å². The number of benzene rings is 1. The lowest BCUT2D eigenvalue weighted by Gasteiger charge is -2.02. The number of rotatable bonds is 2. The van der Waals surface area contributed by atoms with E-state index in [9.17, 15) is 4.39 Å². The first-order valence-corrected chi connectivity index (χ1v) is 6.20. The van der Waals surface area contributed by atoms with Crippen LogP contribution in [0.15, 0.2) is 36.7 Å². The number of thiazole rings is 1. The lowest BCUT2D eigenvalue weighted by molar-refractivity contribution is 0.629. The topological polar surface area (TPSA) is 17.8 Å². The summed E-state index contributed by atoms with van der Waals surface area (Å²) in [5, 5.41) is 2.01. The van der Waals surface area contributed by atoms with Crippen LogP contribution in [-0.4, -0.2) is 9.55 Å². The van der Waals surface area contributed by atoms with Crippen molar-refractivity contribution < 1.29 is 4.39 Å². The average Bonchev–Trinajstić information content (AvgIpc) is 2.86. The van der Waals surface area contributed by atoms with Gasteiger partial charge in [0, 0.05) is 28.2 Å². The molecule has 2 nitrogen and oxygen atoms in total. The molecule has 0 atom stereocenters.